The summed E-state index contributed by atoms with van der Waals surface area (Å²) in [6, 6.07) is 7.39. The summed E-state index contributed by atoms with van der Waals surface area (Å²) in [4.78, 5) is 20.3. The van der Waals surface area contributed by atoms with Crippen LogP contribution in [0.4, 0.5) is 0 Å². The Bertz CT molecular complexity index is 1030. The zero-order chi connectivity index (χ0) is 22.3. The number of para-hydroxylation sites is 1. The predicted octanol–water partition coefficient (Wildman–Crippen LogP) is 1.47. The van der Waals surface area contributed by atoms with E-state index in [4.69, 9.17) is 9.47 Å². The molecule has 1 aliphatic heterocycles. The minimum atomic E-state index is -0.478. The molecule has 168 valence electrons. The van der Waals surface area contributed by atoms with Crippen LogP contribution in [0.2, 0.25) is 0 Å². The van der Waals surface area contributed by atoms with Crippen molar-refractivity contribution in [3.05, 3.63) is 54.7 Å². The number of aryl methyl sites for hydroxylation is 1. The number of carbonyl (C=O) groups excluding carboxylic acids is 1. The molecule has 10 heteroatoms. The fraction of sp³-hybridized carbons (Fsp3) is 0.409. The Morgan fingerprint density at radius 1 is 1.31 bits per heavy atom. The molecule has 10 nitrogen and oxygen atoms in total. The molecule has 3 aromatic rings. The van der Waals surface area contributed by atoms with Crippen LogP contribution in [0.25, 0.3) is 11.3 Å². The van der Waals surface area contributed by atoms with Crippen molar-refractivity contribution < 1.29 is 19.4 Å². The van der Waals surface area contributed by atoms with Crippen molar-refractivity contribution in [1.82, 2.24) is 30.3 Å². The maximum Gasteiger partial charge on any atom is 0.271 e. The van der Waals surface area contributed by atoms with Gasteiger partial charge in [-0.3, -0.25) is 14.5 Å². The lowest BCUT2D eigenvalue weighted by molar-refractivity contribution is -0.0912. The van der Waals surface area contributed by atoms with Crippen molar-refractivity contribution in [1.29, 1.82) is 0 Å². The zero-order valence-corrected chi connectivity index (χ0v) is 17.8. The number of rotatable bonds is 8. The summed E-state index contributed by atoms with van der Waals surface area (Å²) in [5.41, 5.74) is 1.87. The lowest BCUT2D eigenvalue weighted by Gasteiger charge is -2.36. The van der Waals surface area contributed by atoms with Crippen molar-refractivity contribution in [3.63, 3.8) is 0 Å². The number of hydrogen-bond donors (Lipinski definition) is 2. The highest BCUT2D eigenvalue weighted by molar-refractivity contribution is 5.92. The second-order valence-electron chi connectivity index (χ2n) is 7.58. The van der Waals surface area contributed by atoms with Crippen LogP contribution in [0.5, 0.6) is 5.75 Å². The summed E-state index contributed by atoms with van der Waals surface area (Å²) in [6.07, 6.45) is 7.93. The Morgan fingerprint density at radius 3 is 2.97 bits per heavy atom. The summed E-state index contributed by atoms with van der Waals surface area (Å²) >= 11 is 0. The SMILES string of the molecule is COc1ccccc1-c1cn(CC[C@H]2CC[C@@H](NC(=O)c3cnccn3)[C@@H](CO)O2)nn1. The third-order valence-corrected chi connectivity index (χ3v) is 5.51. The van der Waals surface area contributed by atoms with Gasteiger partial charge in [0.05, 0.1) is 38.3 Å². The zero-order valence-electron chi connectivity index (χ0n) is 17.8. The van der Waals surface area contributed by atoms with Crippen molar-refractivity contribution in [2.45, 2.75) is 44.1 Å². The summed E-state index contributed by atoms with van der Waals surface area (Å²) in [7, 11) is 1.63. The average Bonchev–Trinajstić information content (AvgIpc) is 3.32. The van der Waals surface area contributed by atoms with Gasteiger partial charge in [0.15, 0.2) is 0 Å². The van der Waals surface area contributed by atoms with Crippen LogP contribution in [0.15, 0.2) is 49.1 Å². The van der Waals surface area contributed by atoms with Crippen molar-refractivity contribution in [2.24, 2.45) is 0 Å². The van der Waals surface area contributed by atoms with Crippen LogP contribution in [-0.4, -0.2) is 67.9 Å². The van der Waals surface area contributed by atoms with Gasteiger partial charge in [0.2, 0.25) is 0 Å². The fourth-order valence-electron chi connectivity index (χ4n) is 3.83. The van der Waals surface area contributed by atoms with Gasteiger partial charge < -0.3 is 19.9 Å². The van der Waals surface area contributed by atoms with Gasteiger partial charge in [-0.05, 0) is 31.4 Å². The van der Waals surface area contributed by atoms with Gasteiger partial charge in [-0.15, -0.1) is 5.10 Å². The van der Waals surface area contributed by atoms with Crippen molar-refractivity contribution >= 4 is 5.91 Å². The number of nitrogens with zero attached hydrogens (tertiary/aromatic N) is 5. The molecule has 2 N–H and O–H groups in total. The highest BCUT2D eigenvalue weighted by Gasteiger charge is 2.32. The first-order valence-electron chi connectivity index (χ1n) is 10.5. The third-order valence-electron chi connectivity index (χ3n) is 5.51. The van der Waals surface area contributed by atoms with Gasteiger partial charge >= 0.3 is 0 Å². The van der Waals surface area contributed by atoms with E-state index in [1.54, 1.807) is 11.8 Å². The van der Waals surface area contributed by atoms with Crippen LogP contribution in [-0.2, 0) is 11.3 Å². The number of aliphatic hydroxyl groups excluding tert-OH is 1. The number of amides is 1. The van der Waals surface area contributed by atoms with Gasteiger partial charge in [0.1, 0.15) is 23.2 Å². The number of carbonyl (C=O) groups is 1. The number of aromatic nitrogens is 5. The molecule has 0 unspecified atom stereocenters. The van der Waals surface area contributed by atoms with E-state index in [-0.39, 0.29) is 30.4 Å². The van der Waals surface area contributed by atoms with Gasteiger partial charge in [-0.25, -0.2) is 4.98 Å². The van der Waals surface area contributed by atoms with E-state index in [2.05, 4.69) is 25.6 Å². The Labute approximate surface area is 185 Å². The molecule has 32 heavy (non-hydrogen) atoms. The molecule has 2 aromatic heterocycles. The summed E-state index contributed by atoms with van der Waals surface area (Å²) in [5, 5.41) is 21.2. The van der Waals surface area contributed by atoms with E-state index in [1.807, 2.05) is 30.5 Å². The van der Waals surface area contributed by atoms with Crippen LogP contribution < -0.4 is 10.1 Å². The van der Waals surface area contributed by atoms with E-state index in [1.165, 1.54) is 18.6 Å². The molecular formula is C22H26N6O4. The first kappa shape index (κ1) is 21.8. The van der Waals surface area contributed by atoms with Gasteiger partial charge in [-0.1, -0.05) is 17.3 Å². The summed E-state index contributed by atoms with van der Waals surface area (Å²) in [6.45, 7) is 0.449. The molecule has 0 saturated carbocycles. The Hall–Kier alpha value is -3.37. The van der Waals surface area contributed by atoms with Crippen LogP contribution in [0.1, 0.15) is 29.8 Å². The lowest BCUT2D eigenvalue weighted by Crippen LogP contribution is -2.51. The van der Waals surface area contributed by atoms with Gasteiger partial charge in [-0.2, -0.15) is 0 Å². The molecule has 0 aliphatic carbocycles. The molecule has 1 saturated heterocycles. The Balaban J connectivity index is 1.31. The number of nitrogens with one attached hydrogen (secondary N) is 1. The third kappa shape index (κ3) is 5.09. The molecule has 1 amide bonds. The predicted molar refractivity (Wildman–Crippen MR) is 115 cm³/mol. The topological polar surface area (TPSA) is 124 Å². The van der Waals surface area contributed by atoms with E-state index < -0.39 is 6.10 Å². The number of benzene rings is 1. The van der Waals surface area contributed by atoms with Gasteiger partial charge in [0, 0.05) is 24.5 Å². The van der Waals surface area contributed by atoms with Crippen LogP contribution in [0.3, 0.4) is 0 Å². The molecule has 4 rings (SSSR count). The van der Waals surface area contributed by atoms with E-state index >= 15 is 0 Å². The monoisotopic (exact) mass is 438 g/mol. The number of methoxy groups -OCH3 is 1. The standard InChI is InChI=1S/C22H26N6O4/c1-31-20-5-3-2-4-16(20)19-13-28(27-26-19)11-8-15-6-7-17(21(14-29)32-15)25-22(30)18-12-23-9-10-24-18/h2-5,9-10,12-13,15,17,21,29H,6-8,11,14H2,1H3,(H,25,30)/t15-,17-,21-/m1/s1. The second kappa shape index (κ2) is 10.3. The average molecular weight is 438 g/mol. The maximum absolute atomic E-state index is 12.4. The Kier molecular flexibility index (Phi) is 7.03. The largest absolute Gasteiger partial charge is 0.496 e. The van der Waals surface area contributed by atoms with Crippen molar-refractivity contribution in [3.8, 4) is 17.0 Å². The molecular weight excluding hydrogens is 412 g/mol. The minimum absolute atomic E-state index is 0.0456. The lowest BCUT2D eigenvalue weighted by atomic mass is 9.97. The van der Waals surface area contributed by atoms with E-state index in [0.29, 0.717) is 13.0 Å². The first-order valence-corrected chi connectivity index (χ1v) is 10.5. The minimum Gasteiger partial charge on any atom is -0.496 e. The van der Waals surface area contributed by atoms with Gasteiger partial charge in [0.25, 0.3) is 5.91 Å². The molecule has 3 atom stereocenters. The summed E-state index contributed by atoms with van der Waals surface area (Å²) < 4.78 is 13.2. The number of ether oxygens (including phenoxy) is 2. The maximum atomic E-state index is 12.4. The second-order valence-corrected chi connectivity index (χ2v) is 7.58. The summed E-state index contributed by atoms with van der Waals surface area (Å²) in [5.74, 6) is 0.422. The normalized spacial score (nSPS) is 20.6. The fourth-order valence-corrected chi connectivity index (χ4v) is 3.83. The van der Waals surface area contributed by atoms with E-state index in [0.717, 1.165) is 29.8 Å². The van der Waals surface area contributed by atoms with E-state index in [9.17, 15) is 9.90 Å². The molecule has 3 heterocycles. The molecule has 0 radical (unpaired) electrons. The molecule has 0 spiro atoms. The van der Waals surface area contributed by atoms with Crippen LogP contribution in [0, 0.1) is 0 Å². The first-order chi connectivity index (χ1) is 15.7. The molecule has 1 aliphatic rings. The molecule has 1 aromatic carbocycles. The highest BCUT2D eigenvalue weighted by atomic mass is 16.5. The number of aliphatic hydroxyl groups is 1. The van der Waals surface area contributed by atoms with Crippen LogP contribution >= 0.6 is 0 Å². The van der Waals surface area contributed by atoms with Crippen molar-refractivity contribution in [2.75, 3.05) is 13.7 Å². The molecule has 0 bridgehead atoms. The smallest absolute Gasteiger partial charge is 0.271 e. The molecule has 1 fully saturated rings. The number of hydrogen-bond acceptors (Lipinski definition) is 8. The highest BCUT2D eigenvalue weighted by Crippen LogP contribution is 2.28. The quantitative estimate of drug-likeness (QED) is 0.542. The Morgan fingerprint density at radius 2 is 2.19 bits per heavy atom.